The van der Waals surface area contributed by atoms with Crippen LogP contribution in [0, 0.1) is 31.4 Å². The third-order valence-electron chi connectivity index (χ3n) is 5.13. The molecule has 1 aromatic heterocycles. The Labute approximate surface area is 146 Å². The predicted octanol–water partition coefficient (Wildman–Crippen LogP) is 3.41. The van der Waals surface area contributed by atoms with E-state index in [0.29, 0.717) is 31.0 Å². The van der Waals surface area contributed by atoms with Crippen LogP contribution in [0.25, 0.3) is 0 Å². The van der Waals surface area contributed by atoms with Crippen LogP contribution >= 0.6 is 0 Å². The van der Waals surface area contributed by atoms with Gasteiger partial charge in [0.25, 0.3) is 5.91 Å². The lowest BCUT2D eigenvalue weighted by atomic mass is 9.90. The number of carbonyl (C=O) groups excluding carboxylic acids is 1. The molecule has 1 saturated heterocycles. The number of carbonyl (C=O) groups is 1. The van der Waals surface area contributed by atoms with Gasteiger partial charge in [0.1, 0.15) is 0 Å². The van der Waals surface area contributed by atoms with Crippen molar-refractivity contribution in [1.82, 2.24) is 14.7 Å². The summed E-state index contributed by atoms with van der Waals surface area (Å²) in [5, 5.41) is 4.32. The summed E-state index contributed by atoms with van der Waals surface area (Å²) in [6.07, 6.45) is 2.44. The van der Waals surface area contributed by atoms with Crippen molar-refractivity contribution in [2.75, 3.05) is 13.1 Å². The van der Waals surface area contributed by atoms with Gasteiger partial charge in [-0.2, -0.15) is 5.10 Å². The number of nitrogens with zero attached hydrogens (tertiary/aromatic N) is 3. The van der Waals surface area contributed by atoms with Gasteiger partial charge in [-0.15, -0.1) is 0 Å². The third-order valence-corrected chi connectivity index (χ3v) is 5.13. The zero-order valence-electron chi connectivity index (χ0n) is 14.9. The molecular weight excluding hydrogens is 324 g/mol. The number of amides is 1. The van der Waals surface area contributed by atoms with E-state index >= 15 is 0 Å². The fourth-order valence-electron chi connectivity index (χ4n) is 3.58. The van der Waals surface area contributed by atoms with Gasteiger partial charge in [0.15, 0.2) is 11.6 Å². The van der Waals surface area contributed by atoms with E-state index in [0.717, 1.165) is 29.8 Å². The van der Waals surface area contributed by atoms with Crippen LogP contribution in [-0.2, 0) is 13.5 Å². The molecule has 0 atom stereocenters. The van der Waals surface area contributed by atoms with Crippen molar-refractivity contribution < 1.29 is 13.6 Å². The maximum absolute atomic E-state index is 13.3. The standard InChI is InChI=1S/C19H23F2N3O/c1-12-18(13(2)23(3)22-12)19(25)24-8-6-14(7-9-24)10-15-4-5-16(20)17(21)11-15/h4-5,11,14H,6-10H2,1-3H3. The molecule has 6 heteroatoms. The molecule has 25 heavy (non-hydrogen) atoms. The smallest absolute Gasteiger partial charge is 0.257 e. The minimum atomic E-state index is -0.814. The van der Waals surface area contributed by atoms with Crippen LogP contribution in [0.2, 0.25) is 0 Å². The highest BCUT2D eigenvalue weighted by Gasteiger charge is 2.27. The molecule has 1 fully saturated rings. The number of aryl methyl sites for hydroxylation is 2. The Morgan fingerprint density at radius 1 is 1.20 bits per heavy atom. The second kappa shape index (κ2) is 6.94. The average molecular weight is 347 g/mol. The van der Waals surface area contributed by atoms with Gasteiger partial charge in [0.05, 0.1) is 11.3 Å². The SMILES string of the molecule is Cc1nn(C)c(C)c1C(=O)N1CCC(Cc2ccc(F)c(F)c2)CC1. The topological polar surface area (TPSA) is 38.1 Å². The first-order valence-corrected chi connectivity index (χ1v) is 8.60. The van der Waals surface area contributed by atoms with Crippen LogP contribution in [0.15, 0.2) is 18.2 Å². The quantitative estimate of drug-likeness (QED) is 0.853. The van der Waals surface area contributed by atoms with E-state index in [2.05, 4.69) is 5.10 Å². The fourth-order valence-corrected chi connectivity index (χ4v) is 3.58. The van der Waals surface area contributed by atoms with E-state index in [1.165, 1.54) is 12.1 Å². The van der Waals surface area contributed by atoms with E-state index in [4.69, 9.17) is 0 Å². The monoisotopic (exact) mass is 347 g/mol. The Hall–Kier alpha value is -2.24. The first-order chi connectivity index (χ1) is 11.9. The highest BCUT2D eigenvalue weighted by Crippen LogP contribution is 2.25. The van der Waals surface area contributed by atoms with Crippen molar-refractivity contribution in [3.63, 3.8) is 0 Å². The predicted molar refractivity (Wildman–Crippen MR) is 91.4 cm³/mol. The van der Waals surface area contributed by atoms with E-state index in [1.54, 1.807) is 10.7 Å². The molecule has 0 spiro atoms. The summed E-state index contributed by atoms with van der Waals surface area (Å²) in [4.78, 5) is 14.7. The number of benzene rings is 1. The zero-order chi connectivity index (χ0) is 18.1. The van der Waals surface area contributed by atoms with Crippen molar-refractivity contribution in [2.45, 2.75) is 33.1 Å². The Morgan fingerprint density at radius 2 is 1.88 bits per heavy atom. The molecule has 1 aliphatic heterocycles. The van der Waals surface area contributed by atoms with Crippen LogP contribution < -0.4 is 0 Å². The van der Waals surface area contributed by atoms with Crippen LogP contribution in [0.3, 0.4) is 0 Å². The highest BCUT2D eigenvalue weighted by atomic mass is 19.2. The van der Waals surface area contributed by atoms with Gasteiger partial charge < -0.3 is 4.90 Å². The molecule has 0 radical (unpaired) electrons. The van der Waals surface area contributed by atoms with Gasteiger partial charge in [0.2, 0.25) is 0 Å². The Morgan fingerprint density at radius 3 is 2.44 bits per heavy atom. The second-order valence-electron chi connectivity index (χ2n) is 6.86. The molecule has 1 aromatic carbocycles. The largest absolute Gasteiger partial charge is 0.339 e. The van der Waals surface area contributed by atoms with Crippen LogP contribution in [0.5, 0.6) is 0 Å². The summed E-state index contributed by atoms with van der Waals surface area (Å²) in [7, 11) is 1.84. The van der Waals surface area contributed by atoms with Crippen LogP contribution in [0.4, 0.5) is 8.78 Å². The van der Waals surface area contributed by atoms with E-state index in [9.17, 15) is 13.6 Å². The molecule has 1 amide bonds. The van der Waals surface area contributed by atoms with Gasteiger partial charge in [-0.1, -0.05) is 6.07 Å². The normalized spacial score (nSPS) is 15.6. The van der Waals surface area contributed by atoms with Gasteiger partial charge in [-0.3, -0.25) is 9.48 Å². The summed E-state index contributed by atoms with van der Waals surface area (Å²) in [5.41, 5.74) is 3.14. The first-order valence-electron chi connectivity index (χ1n) is 8.60. The Balaban J connectivity index is 1.61. The highest BCUT2D eigenvalue weighted by molar-refractivity contribution is 5.96. The molecule has 3 rings (SSSR count). The van der Waals surface area contributed by atoms with Crippen LogP contribution in [0.1, 0.15) is 40.2 Å². The zero-order valence-corrected chi connectivity index (χ0v) is 14.9. The number of piperidine rings is 1. The maximum atomic E-state index is 13.3. The summed E-state index contributed by atoms with van der Waals surface area (Å²) in [6, 6.07) is 4.09. The molecule has 134 valence electrons. The molecule has 0 saturated carbocycles. The maximum Gasteiger partial charge on any atom is 0.257 e. The Kier molecular flexibility index (Phi) is 4.88. The lowest BCUT2D eigenvalue weighted by Gasteiger charge is -2.32. The average Bonchev–Trinajstić information content (AvgIpc) is 2.83. The van der Waals surface area contributed by atoms with Crippen molar-refractivity contribution in [2.24, 2.45) is 13.0 Å². The molecular formula is C19H23F2N3O. The van der Waals surface area contributed by atoms with Gasteiger partial charge >= 0.3 is 0 Å². The van der Waals surface area contributed by atoms with Gasteiger partial charge in [0, 0.05) is 25.8 Å². The van der Waals surface area contributed by atoms with Crippen molar-refractivity contribution in [3.8, 4) is 0 Å². The number of aromatic nitrogens is 2. The Bertz CT molecular complexity index is 792. The fraction of sp³-hybridized carbons (Fsp3) is 0.474. The molecule has 0 N–H and O–H groups in total. The van der Waals surface area contributed by atoms with Crippen molar-refractivity contribution in [3.05, 3.63) is 52.3 Å². The molecule has 0 unspecified atom stereocenters. The van der Waals surface area contributed by atoms with Gasteiger partial charge in [-0.25, -0.2) is 8.78 Å². The summed E-state index contributed by atoms with van der Waals surface area (Å²) in [5.74, 6) is -1.20. The number of hydrogen-bond donors (Lipinski definition) is 0. The number of halogens is 2. The first kappa shape index (κ1) is 17.6. The molecule has 4 nitrogen and oxygen atoms in total. The molecule has 1 aliphatic rings. The summed E-state index contributed by atoms with van der Waals surface area (Å²) >= 11 is 0. The molecule has 2 heterocycles. The lowest BCUT2D eigenvalue weighted by molar-refractivity contribution is 0.0689. The molecule has 0 aliphatic carbocycles. The number of hydrogen-bond acceptors (Lipinski definition) is 2. The minimum Gasteiger partial charge on any atom is -0.339 e. The van der Waals surface area contributed by atoms with Crippen LogP contribution in [-0.4, -0.2) is 33.7 Å². The van der Waals surface area contributed by atoms with E-state index in [1.807, 2.05) is 25.8 Å². The molecule has 0 bridgehead atoms. The van der Waals surface area contributed by atoms with Crippen molar-refractivity contribution in [1.29, 1.82) is 0 Å². The van der Waals surface area contributed by atoms with E-state index in [-0.39, 0.29) is 5.91 Å². The third kappa shape index (κ3) is 3.57. The van der Waals surface area contributed by atoms with E-state index < -0.39 is 11.6 Å². The van der Waals surface area contributed by atoms with Gasteiger partial charge in [-0.05, 0) is 56.7 Å². The second-order valence-corrected chi connectivity index (χ2v) is 6.86. The van der Waals surface area contributed by atoms with Crippen molar-refractivity contribution >= 4 is 5.91 Å². The minimum absolute atomic E-state index is 0.0365. The summed E-state index contributed by atoms with van der Waals surface area (Å²) in [6.45, 7) is 5.13. The lowest BCUT2D eigenvalue weighted by Crippen LogP contribution is -2.39. The molecule has 2 aromatic rings. The summed E-state index contributed by atoms with van der Waals surface area (Å²) < 4.78 is 28.1. The number of likely N-dealkylation sites (tertiary alicyclic amines) is 1. The number of rotatable bonds is 3.